The van der Waals surface area contributed by atoms with Crippen molar-refractivity contribution in [3.8, 4) is 0 Å². The molecule has 1 aromatic carbocycles. The first-order valence-corrected chi connectivity index (χ1v) is 5.65. The number of halogens is 1. The Kier molecular flexibility index (Phi) is 3.72. The number of rotatable bonds is 4. The molecular weight excluding hydrogens is 235 g/mol. The Hall–Kier alpha value is -2.17. The Labute approximate surface area is 104 Å². The maximum absolute atomic E-state index is 13.1. The molecule has 0 atom stereocenters. The number of esters is 1. The normalized spacial score (nSPS) is 10.3. The van der Waals surface area contributed by atoms with Crippen molar-refractivity contribution in [2.45, 2.75) is 13.3 Å². The molecule has 0 aliphatic heterocycles. The number of nitrogens with one attached hydrogen (secondary N) is 1. The first-order chi connectivity index (χ1) is 8.70. The maximum Gasteiger partial charge on any atom is 0.341 e. The molecule has 1 heterocycles. The fraction of sp³-hybridized carbons (Fsp3) is 0.231. The summed E-state index contributed by atoms with van der Waals surface area (Å²) in [4.78, 5) is 11.6. The lowest BCUT2D eigenvalue weighted by Gasteiger charge is -2.02. The second-order valence-electron chi connectivity index (χ2n) is 3.77. The zero-order valence-corrected chi connectivity index (χ0v) is 9.94. The van der Waals surface area contributed by atoms with Crippen molar-refractivity contribution in [2.75, 3.05) is 6.61 Å². The highest BCUT2D eigenvalue weighted by Gasteiger charge is 2.15. The van der Waals surface area contributed by atoms with E-state index in [-0.39, 0.29) is 5.82 Å². The predicted molar refractivity (Wildman–Crippen MR) is 63.8 cm³/mol. The van der Waals surface area contributed by atoms with Gasteiger partial charge in [-0.2, -0.15) is 5.10 Å². The van der Waals surface area contributed by atoms with Gasteiger partial charge >= 0.3 is 5.97 Å². The van der Waals surface area contributed by atoms with E-state index in [1.165, 1.54) is 18.3 Å². The Morgan fingerprint density at radius 2 is 2.33 bits per heavy atom. The molecule has 0 amide bonds. The topological polar surface area (TPSA) is 55.0 Å². The number of aromatic nitrogens is 2. The minimum atomic E-state index is -0.419. The van der Waals surface area contributed by atoms with E-state index in [2.05, 4.69) is 10.2 Å². The molecule has 94 valence electrons. The van der Waals surface area contributed by atoms with Crippen LogP contribution in [0.3, 0.4) is 0 Å². The fourth-order valence-corrected chi connectivity index (χ4v) is 1.68. The van der Waals surface area contributed by atoms with Crippen LogP contribution >= 0.6 is 0 Å². The smallest absolute Gasteiger partial charge is 0.341 e. The quantitative estimate of drug-likeness (QED) is 0.845. The summed E-state index contributed by atoms with van der Waals surface area (Å²) >= 11 is 0. The third kappa shape index (κ3) is 2.74. The van der Waals surface area contributed by atoms with Crippen LogP contribution in [0.4, 0.5) is 4.39 Å². The lowest BCUT2D eigenvalue weighted by molar-refractivity contribution is 0.0525. The number of hydrogen-bond acceptors (Lipinski definition) is 3. The molecule has 5 heteroatoms. The first kappa shape index (κ1) is 12.3. The standard InChI is InChI=1S/C13H13FN2O2/c1-2-18-13(17)11-8-15-16-12(11)7-9-4-3-5-10(14)6-9/h3-6,8H,2,7H2,1H3,(H,15,16). The largest absolute Gasteiger partial charge is 0.462 e. The molecule has 0 bridgehead atoms. The number of aromatic amines is 1. The highest BCUT2D eigenvalue weighted by Crippen LogP contribution is 2.13. The van der Waals surface area contributed by atoms with Crippen LogP contribution in [0.25, 0.3) is 0 Å². The Morgan fingerprint density at radius 3 is 3.06 bits per heavy atom. The minimum absolute atomic E-state index is 0.305. The van der Waals surface area contributed by atoms with Gasteiger partial charge in [0.15, 0.2) is 0 Å². The summed E-state index contributed by atoms with van der Waals surface area (Å²) in [6.07, 6.45) is 1.88. The van der Waals surface area contributed by atoms with Crippen molar-refractivity contribution in [3.63, 3.8) is 0 Å². The van der Waals surface area contributed by atoms with Gasteiger partial charge in [0, 0.05) is 12.6 Å². The van der Waals surface area contributed by atoms with Crippen LogP contribution in [0.2, 0.25) is 0 Å². The summed E-state index contributed by atoms with van der Waals surface area (Å²) < 4.78 is 18.0. The highest BCUT2D eigenvalue weighted by atomic mass is 19.1. The van der Waals surface area contributed by atoms with Crippen LogP contribution in [-0.4, -0.2) is 22.8 Å². The second kappa shape index (κ2) is 5.44. The zero-order chi connectivity index (χ0) is 13.0. The van der Waals surface area contributed by atoms with Gasteiger partial charge in [0.25, 0.3) is 0 Å². The number of H-pyrrole nitrogens is 1. The van der Waals surface area contributed by atoms with Crippen LogP contribution in [0, 0.1) is 5.82 Å². The van der Waals surface area contributed by atoms with E-state index in [9.17, 15) is 9.18 Å². The third-order valence-electron chi connectivity index (χ3n) is 2.48. The number of ether oxygens (including phenoxy) is 1. The number of nitrogens with zero attached hydrogens (tertiary/aromatic N) is 1. The molecule has 0 unspecified atom stereocenters. The molecular formula is C13H13FN2O2. The SMILES string of the molecule is CCOC(=O)c1c[nH]nc1Cc1cccc(F)c1. The van der Waals surface area contributed by atoms with Gasteiger partial charge in [0.05, 0.1) is 12.3 Å². The number of carbonyl (C=O) groups excluding carboxylic acids is 1. The number of carbonyl (C=O) groups is 1. The molecule has 1 aromatic heterocycles. The summed E-state index contributed by atoms with van der Waals surface area (Å²) in [5.41, 5.74) is 1.70. The van der Waals surface area contributed by atoms with Crippen molar-refractivity contribution in [3.05, 3.63) is 53.1 Å². The molecule has 0 saturated carbocycles. The maximum atomic E-state index is 13.1. The van der Waals surface area contributed by atoms with Crippen LogP contribution < -0.4 is 0 Å². The van der Waals surface area contributed by atoms with Crippen molar-refractivity contribution >= 4 is 5.97 Å². The fourth-order valence-electron chi connectivity index (χ4n) is 1.68. The molecule has 2 rings (SSSR count). The van der Waals surface area contributed by atoms with E-state index in [1.807, 2.05) is 0 Å². The van der Waals surface area contributed by atoms with Crippen molar-refractivity contribution in [2.24, 2.45) is 0 Å². The van der Waals surface area contributed by atoms with Gasteiger partial charge in [0.2, 0.25) is 0 Å². The average molecular weight is 248 g/mol. The summed E-state index contributed by atoms with van der Waals surface area (Å²) in [5, 5.41) is 6.62. The predicted octanol–water partition coefficient (Wildman–Crippen LogP) is 2.32. The summed E-state index contributed by atoms with van der Waals surface area (Å²) in [6.45, 7) is 2.05. The molecule has 1 N–H and O–H groups in total. The monoisotopic (exact) mass is 248 g/mol. The van der Waals surface area contributed by atoms with Crippen molar-refractivity contribution in [1.82, 2.24) is 10.2 Å². The molecule has 18 heavy (non-hydrogen) atoms. The Balaban J connectivity index is 2.20. The van der Waals surface area contributed by atoms with Gasteiger partial charge in [-0.15, -0.1) is 0 Å². The third-order valence-corrected chi connectivity index (χ3v) is 2.48. The second-order valence-corrected chi connectivity index (χ2v) is 3.77. The first-order valence-electron chi connectivity index (χ1n) is 5.65. The molecule has 0 saturated heterocycles. The number of hydrogen-bond donors (Lipinski definition) is 1. The zero-order valence-electron chi connectivity index (χ0n) is 9.94. The molecule has 0 spiro atoms. The molecule has 0 fully saturated rings. The van der Waals surface area contributed by atoms with E-state index >= 15 is 0 Å². The molecule has 0 radical (unpaired) electrons. The van der Waals surface area contributed by atoms with Gasteiger partial charge < -0.3 is 4.74 Å². The Morgan fingerprint density at radius 1 is 1.50 bits per heavy atom. The van der Waals surface area contributed by atoms with Crippen molar-refractivity contribution < 1.29 is 13.9 Å². The van der Waals surface area contributed by atoms with E-state index in [0.717, 1.165) is 5.56 Å². The lowest BCUT2D eigenvalue weighted by atomic mass is 10.1. The average Bonchev–Trinajstić information content (AvgIpc) is 2.77. The van der Waals surface area contributed by atoms with E-state index < -0.39 is 5.97 Å². The van der Waals surface area contributed by atoms with Gasteiger partial charge in [-0.25, -0.2) is 9.18 Å². The Bertz CT molecular complexity index is 551. The van der Waals surface area contributed by atoms with Crippen LogP contribution in [-0.2, 0) is 11.2 Å². The molecule has 0 aliphatic rings. The summed E-state index contributed by atoms with van der Waals surface area (Å²) in [6, 6.07) is 6.21. The van der Waals surface area contributed by atoms with E-state index in [4.69, 9.17) is 4.74 Å². The van der Waals surface area contributed by atoms with Crippen LogP contribution in [0.5, 0.6) is 0 Å². The van der Waals surface area contributed by atoms with Crippen LogP contribution in [0.15, 0.2) is 30.5 Å². The lowest BCUT2D eigenvalue weighted by Crippen LogP contribution is -2.07. The summed E-state index contributed by atoms with van der Waals surface area (Å²) in [7, 11) is 0. The summed E-state index contributed by atoms with van der Waals surface area (Å²) in [5.74, 6) is -0.724. The van der Waals surface area contributed by atoms with Gasteiger partial charge in [-0.05, 0) is 24.6 Å². The minimum Gasteiger partial charge on any atom is -0.462 e. The van der Waals surface area contributed by atoms with Gasteiger partial charge in [-0.3, -0.25) is 5.10 Å². The highest BCUT2D eigenvalue weighted by molar-refractivity contribution is 5.90. The van der Waals surface area contributed by atoms with Crippen LogP contribution in [0.1, 0.15) is 28.5 Å². The molecule has 2 aromatic rings. The van der Waals surface area contributed by atoms with E-state index in [0.29, 0.717) is 24.3 Å². The van der Waals surface area contributed by atoms with Gasteiger partial charge in [-0.1, -0.05) is 12.1 Å². The number of benzene rings is 1. The van der Waals surface area contributed by atoms with E-state index in [1.54, 1.807) is 19.1 Å². The molecule has 4 nitrogen and oxygen atoms in total. The van der Waals surface area contributed by atoms with Gasteiger partial charge in [0.1, 0.15) is 11.4 Å². The molecule has 0 aliphatic carbocycles. The van der Waals surface area contributed by atoms with Crippen molar-refractivity contribution in [1.29, 1.82) is 0 Å².